The zero-order chi connectivity index (χ0) is 16.0. The molecule has 0 saturated carbocycles. The molecule has 0 aromatic rings. The van der Waals surface area contributed by atoms with Gasteiger partial charge in [-0.2, -0.15) is 0 Å². The number of hydrogen-bond acceptors (Lipinski definition) is 4. The van der Waals surface area contributed by atoms with Gasteiger partial charge in [-0.3, -0.25) is 0 Å². The van der Waals surface area contributed by atoms with Crippen LogP contribution in [0, 0.1) is 0 Å². The molecule has 0 aliphatic carbocycles. The van der Waals surface area contributed by atoms with Gasteiger partial charge in [0.15, 0.2) is 0 Å². The SMILES string of the molecule is CCC1(C)OB(B(I)OC(C)(C)C(C)(C)O)OC1(C)C. The molecule has 116 valence electrons. The minimum absolute atomic E-state index is 0.290. The molecule has 1 saturated heterocycles. The highest BCUT2D eigenvalue weighted by Gasteiger charge is 2.58. The normalized spacial score (nSPS) is 27.0. The summed E-state index contributed by atoms with van der Waals surface area (Å²) in [5, 5.41) is 10.2. The highest BCUT2D eigenvalue weighted by molar-refractivity contribution is 14.1. The maximum absolute atomic E-state index is 10.2. The van der Waals surface area contributed by atoms with E-state index >= 15 is 0 Å². The van der Waals surface area contributed by atoms with E-state index in [0.29, 0.717) is 0 Å². The molecule has 1 N–H and O–H groups in total. The Bertz CT molecular complexity index is 357. The van der Waals surface area contributed by atoms with Gasteiger partial charge in [-0.1, -0.05) is 6.92 Å². The van der Waals surface area contributed by atoms with Crippen LogP contribution in [0.5, 0.6) is 0 Å². The molecule has 0 radical (unpaired) electrons. The molecule has 0 bridgehead atoms. The van der Waals surface area contributed by atoms with E-state index in [9.17, 15) is 5.11 Å². The minimum Gasteiger partial charge on any atom is -0.420 e. The van der Waals surface area contributed by atoms with Crippen LogP contribution >= 0.6 is 22.4 Å². The van der Waals surface area contributed by atoms with E-state index in [1.165, 1.54) is 0 Å². The van der Waals surface area contributed by atoms with Gasteiger partial charge in [-0.15, -0.1) is 22.4 Å². The largest absolute Gasteiger partial charge is 0.461 e. The van der Waals surface area contributed by atoms with E-state index in [1.54, 1.807) is 13.8 Å². The Labute approximate surface area is 137 Å². The molecule has 20 heavy (non-hydrogen) atoms. The third kappa shape index (κ3) is 3.54. The summed E-state index contributed by atoms with van der Waals surface area (Å²) in [6.07, 6.45) is 0.870. The molecular weight excluding hydrogens is 369 g/mol. The summed E-state index contributed by atoms with van der Waals surface area (Å²) < 4.78 is 17.9. The molecule has 0 aromatic carbocycles. The van der Waals surface area contributed by atoms with E-state index in [0.717, 1.165) is 6.42 Å². The van der Waals surface area contributed by atoms with Gasteiger partial charge in [0.1, 0.15) is 0 Å². The quantitative estimate of drug-likeness (QED) is 0.574. The van der Waals surface area contributed by atoms with Crippen molar-refractivity contribution in [3.63, 3.8) is 0 Å². The third-order valence-electron chi connectivity index (χ3n) is 4.83. The lowest BCUT2D eigenvalue weighted by molar-refractivity contribution is -0.0898. The molecule has 1 unspecified atom stereocenters. The topological polar surface area (TPSA) is 47.9 Å². The van der Waals surface area contributed by atoms with Crippen LogP contribution in [0.4, 0.5) is 0 Å². The molecule has 1 aliphatic heterocycles. The first-order valence-corrected chi connectivity index (χ1v) is 8.40. The molecule has 1 aliphatic rings. The summed E-state index contributed by atoms with van der Waals surface area (Å²) in [5.74, 6) is 0. The van der Waals surface area contributed by atoms with Crippen LogP contribution in [-0.4, -0.2) is 39.2 Å². The van der Waals surface area contributed by atoms with Crippen LogP contribution in [0.1, 0.15) is 61.8 Å². The lowest BCUT2D eigenvalue weighted by Gasteiger charge is -2.39. The molecule has 1 rings (SSSR count). The Balaban J connectivity index is 2.79. The number of halogens is 1. The van der Waals surface area contributed by atoms with Crippen LogP contribution in [-0.2, 0) is 14.0 Å². The maximum atomic E-state index is 10.2. The van der Waals surface area contributed by atoms with Crippen molar-refractivity contribution in [3.05, 3.63) is 0 Å². The van der Waals surface area contributed by atoms with Gasteiger partial charge in [0, 0.05) is 0 Å². The Morgan fingerprint density at radius 2 is 1.70 bits per heavy atom. The summed E-state index contributed by atoms with van der Waals surface area (Å²) in [4.78, 5) is 0. The van der Waals surface area contributed by atoms with Gasteiger partial charge in [-0.05, 0) is 54.9 Å². The first kappa shape index (κ1) is 18.7. The monoisotopic (exact) mass is 396 g/mol. The fourth-order valence-electron chi connectivity index (χ4n) is 1.93. The van der Waals surface area contributed by atoms with Crippen molar-refractivity contribution in [3.8, 4) is 0 Å². The van der Waals surface area contributed by atoms with E-state index in [2.05, 4.69) is 36.2 Å². The Morgan fingerprint density at radius 3 is 2.05 bits per heavy atom. The lowest BCUT2D eigenvalue weighted by atomic mass is 9.55. The Hall–Kier alpha value is 0.700. The summed E-state index contributed by atoms with van der Waals surface area (Å²) >= 11 is 2.18. The highest BCUT2D eigenvalue weighted by Crippen LogP contribution is 2.41. The van der Waals surface area contributed by atoms with Gasteiger partial charge < -0.3 is 19.1 Å². The first-order valence-electron chi connectivity index (χ1n) is 7.16. The summed E-state index contributed by atoms with van der Waals surface area (Å²) in [7, 11) is -0.433. The predicted octanol–water partition coefficient (Wildman–Crippen LogP) is 3.04. The minimum atomic E-state index is -0.946. The Morgan fingerprint density at radius 1 is 1.20 bits per heavy atom. The predicted molar refractivity (Wildman–Crippen MR) is 91.9 cm³/mol. The fourth-order valence-corrected chi connectivity index (χ4v) is 2.86. The second-order valence-electron chi connectivity index (χ2n) is 7.24. The smallest absolute Gasteiger partial charge is 0.420 e. The van der Waals surface area contributed by atoms with Crippen molar-refractivity contribution < 1.29 is 19.1 Å². The van der Waals surface area contributed by atoms with Gasteiger partial charge in [0.05, 0.1) is 22.4 Å². The molecular formula is C13H27B2IO4. The number of hydrogen-bond donors (Lipinski definition) is 1. The molecule has 4 nitrogen and oxygen atoms in total. The van der Waals surface area contributed by atoms with Crippen molar-refractivity contribution >= 4 is 34.0 Å². The summed E-state index contributed by atoms with van der Waals surface area (Å²) in [6.45, 7) is 15.5. The second kappa shape index (κ2) is 5.72. The summed E-state index contributed by atoms with van der Waals surface area (Å²) in [5.41, 5.74) is -2.33. The van der Waals surface area contributed by atoms with Crippen LogP contribution < -0.4 is 0 Å². The van der Waals surface area contributed by atoms with Crippen LogP contribution in [0.3, 0.4) is 0 Å². The van der Waals surface area contributed by atoms with Gasteiger partial charge in [0.25, 0.3) is 0 Å². The third-order valence-corrected chi connectivity index (χ3v) is 5.67. The van der Waals surface area contributed by atoms with E-state index in [-0.39, 0.29) is 15.9 Å². The van der Waals surface area contributed by atoms with E-state index < -0.39 is 18.2 Å². The molecule has 1 fully saturated rings. The van der Waals surface area contributed by atoms with Crippen molar-refractivity contribution in [2.75, 3.05) is 0 Å². The average molecular weight is 396 g/mol. The summed E-state index contributed by atoms with van der Waals surface area (Å²) in [6, 6.07) is 0. The molecule has 0 aromatic heterocycles. The van der Waals surface area contributed by atoms with Crippen molar-refractivity contribution in [1.82, 2.24) is 0 Å². The van der Waals surface area contributed by atoms with Gasteiger partial charge >= 0.3 is 11.7 Å². The Kier molecular flexibility index (Phi) is 5.36. The standard InChI is InChI=1S/C13H27B2IO4/c1-9-13(8)12(6,7)19-15(20-13)14(16)18-11(4,5)10(2,3)17/h17H,9H2,1-8H3. The van der Waals surface area contributed by atoms with Crippen LogP contribution in [0.15, 0.2) is 0 Å². The van der Waals surface area contributed by atoms with Crippen LogP contribution in [0.2, 0.25) is 0 Å². The zero-order valence-corrected chi connectivity index (χ0v) is 16.1. The maximum Gasteiger partial charge on any atom is 0.461 e. The second-order valence-corrected chi connectivity index (χ2v) is 8.46. The van der Waals surface area contributed by atoms with E-state index in [4.69, 9.17) is 14.0 Å². The van der Waals surface area contributed by atoms with Gasteiger partial charge in [-0.25, -0.2) is 0 Å². The van der Waals surface area contributed by atoms with Crippen molar-refractivity contribution in [2.24, 2.45) is 0 Å². The number of rotatable bonds is 5. The lowest BCUT2D eigenvalue weighted by Crippen LogP contribution is -2.53. The highest BCUT2D eigenvalue weighted by atomic mass is 127. The zero-order valence-electron chi connectivity index (χ0n) is 13.9. The first-order chi connectivity index (χ1) is 8.76. The van der Waals surface area contributed by atoms with Crippen LogP contribution in [0.25, 0.3) is 0 Å². The molecule has 1 atom stereocenters. The molecule has 1 heterocycles. The fraction of sp³-hybridized carbons (Fsp3) is 1.00. The molecule has 0 spiro atoms. The van der Waals surface area contributed by atoms with Crippen molar-refractivity contribution in [2.45, 2.75) is 84.2 Å². The molecule has 7 heteroatoms. The molecule has 0 amide bonds. The van der Waals surface area contributed by atoms with Gasteiger partial charge in [0.2, 0.25) is 0 Å². The van der Waals surface area contributed by atoms with Crippen molar-refractivity contribution in [1.29, 1.82) is 0 Å². The average Bonchev–Trinajstić information content (AvgIpc) is 2.48. The number of aliphatic hydroxyl groups is 1. The van der Waals surface area contributed by atoms with E-state index in [1.807, 2.05) is 27.7 Å².